The molecule has 0 amide bonds. The van der Waals surface area contributed by atoms with Gasteiger partial charge in [-0.15, -0.1) is 0 Å². The lowest BCUT2D eigenvalue weighted by molar-refractivity contribution is 0.0545. The second-order valence-electron chi connectivity index (χ2n) is 7.15. The van der Waals surface area contributed by atoms with Crippen LogP contribution in [0.5, 0.6) is 11.5 Å². The van der Waals surface area contributed by atoms with Crippen LogP contribution in [0.4, 0.5) is 0 Å². The van der Waals surface area contributed by atoms with Crippen molar-refractivity contribution in [3.63, 3.8) is 0 Å². The minimum Gasteiger partial charge on any atom is -0.497 e. The lowest BCUT2D eigenvalue weighted by atomic mass is 10.1. The number of rotatable bonds is 7. The van der Waals surface area contributed by atoms with Gasteiger partial charge in [0.1, 0.15) is 29.9 Å². The Morgan fingerprint density at radius 3 is 2.12 bits per heavy atom. The van der Waals surface area contributed by atoms with E-state index in [1.165, 1.54) is 0 Å². The molecule has 168 valence electrons. The van der Waals surface area contributed by atoms with Crippen LogP contribution in [0.2, 0.25) is 0 Å². The van der Waals surface area contributed by atoms with Crippen LogP contribution in [0, 0.1) is 0 Å². The van der Waals surface area contributed by atoms with Crippen molar-refractivity contribution >= 4 is 34.5 Å². The van der Waals surface area contributed by atoms with Gasteiger partial charge in [0.15, 0.2) is 0 Å². The fourth-order valence-electron chi connectivity index (χ4n) is 3.30. The van der Waals surface area contributed by atoms with Crippen molar-refractivity contribution in [3.05, 3.63) is 105 Å². The van der Waals surface area contributed by atoms with E-state index in [1.807, 2.05) is 54.6 Å². The molecule has 0 fully saturated rings. The highest BCUT2D eigenvalue weighted by atomic mass is 127. The van der Waals surface area contributed by atoms with E-state index in [0.29, 0.717) is 23.0 Å². The summed E-state index contributed by atoms with van der Waals surface area (Å²) in [5.74, 6) is 2.18. The molecule has 3 aromatic carbocycles. The quantitative estimate of drug-likeness (QED) is 0.276. The maximum absolute atomic E-state index is 12.5. The molecule has 6 nitrogen and oxygen atoms in total. The van der Waals surface area contributed by atoms with Crippen LogP contribution in [0.3, 0.4) is 0 Å². The van der Waals surface area contributed by atoms with Gasteiger partial charge in [-0.3, -0.25) is 0 Å². The molecule has 0 aliphatic carbocycles. The minimum atomic E-state index is -0.419. The summed E-state index contributed by atoms with van der Waals surface area (Å²) in [5.41, 5.74) is 2.28. The summed E-state index contributed by atoms with van der Waals surface area (Å²) in [6, 6.07) is 23.9. The van der Waals surface area contributed by atoms with Crippen LogP contribution in [0.1, 0.15) is 27.5 Å². The fourth-order valence-corrected chi connectivity index (χ4v) is 3.87. The van der Waals surface area contributed by atoms with Gasteiger partial charge in [-0.2, -0.15) is 0 Å². The first-order chi connectivity index (χ1) is 16.1. The van der Waals surface area contributed by atoms with Crippen molar-refractivity contribution in [1.29, 1.82) is 0 Å². The third-order valence-corrected chi connectivity index (χ3v) is 5.92. The first kappa shape index (κ1) is 22.8. The van der Waals surface area contributed by atoms with E-state index in [2.05, 4.69) is 22.6 Å². The van der Waals surface area contributed by atoms with Crippen LogP contribution in [-0.4, -0.2) is 32.7 Å². The number of carbonyl (C=O) groups excluding carboxylic acids is 1. The van der Waals surface area contributed by atoms with Gasteiger partial charge in [0.05, 0.1) is 23.4 Å². The standard InChI is InChI=1S/C26H22INO5/c1-30-20-12-8-18(9-13-20)25-28-23(17-6-4-3-5-7-17)24(33-25)22(27)16-32-26(29)19-10-14-21(31-2)15-11-19/h3-15,23H,16H2,1-2H3/b24-22-. The first-order valence-corrected chi connectivity index (χ1v) is 11.3. The predicted molar refractivity (Wildman–Crippen MR) is 134 cm³/mol. The zero-order chi connectivity index (χ0) is 23.2. The highest BCUT2D eigenvalue weighted by Gasteiger charge is 2.30. The Kier molecular flexibility index (Phi) is 7.29. The number of hydrogen-bond donors (Lipinski definition) is 0. The molecule has 0 spiro atoms. The summed E-state index contributed by atoms with van der Waals surface area (Å²) in [6.45, 7) is 0.0789. The number of methoxy groups -OCH3 is 2. The van der Waals surface area contributed by atoms with E-state index in [1.54, 1.807) is 38.5 Å². The molecule has 1 aliphatic rings. The van der Waals surface area contributed by atoms with Gasteiger partial charge in [0, 0.05) is 5.56 Å². The molecule has 0 N–H and O–H groups in total. The lowest BCUT2D eigenvalue weighted by Gasteiger charge is -2.12. The van der Waals surface area contributed by atoms with Crippen molar-refractivity contribution in [2.45, 2.75) is 6.04 Å². The molecule has 0 bridgehead atoms. The molecule has 4 rings (SSSR count). The summed E-state index contributed by atoms with van der Waals surface area (Å²) in [6.07, 6.45) is 0. The van der Waals surface area contributed by atoms with E-state index >= 15 is 0 Å². The van der Waals surface area contributed by atoms with Crippen molar-refractivity contribution in [1.82, 2.24) is 0 Å². The second-order valence-corrected chi connectivity index (χ2v) is 8.45. The molecule has 3 aromatic rings. The van der Waals surface area contributed by atoms with Gasteiger partial charge in [-0.25, -0.2) is 9.79 Å². The van der Waals surface area contributed by atoms with Crippen LogP contribution < -0.4 is 9.47 Å². The molecule has 33 heavy (non-hydrogen) atoms. The van der Waals surface area contributed by atoms with E-state index in [0.717, 1.165) is 20.5 Å². The minimum absolute atomic E-state index is 0.0789. The van der Waals surface area contributed by atoms with E-state index < -0.39 is 5.97 Å². The number of hydrogen-bond acceptors (Lipinski definition) is 6. The number of nitrogens with zero attached hydrogens (tertiary/aromatic N) is 1. The summed E-state index contributed by atoms with van der Waals surface area (Å²) < 4.78 is 22.9. The van der Waals surface area contributed by atoms with Crippen LogP contribution in [0.25, 0.3) is 0 Å². The molecule has 1 heterocycles. The first-order valence-electron chi connectivity index (χ1n) is 10.2. The molecule has 0 aromatic heterocycles. The second kappa shape index (κ2) is 10.5. The number of carbonyl (C=O) groups is 1. The third kappa shape index (κ3) is 5.36. The molecule has 0 radical (unpaired) electrons. The van der Waals surface area contributed by atoms with Crippen molar-refractivity contribution in [2.24, 2.45) is 4.99 Å². The van der Waals surface area contributed by atoms with Crippen molar-refractivity contribution in [3.8, 4) is 11.5 Å². The zero-order valence-corrected chi connectivity index (χ0v) is 20.3. The maximum atomic E-state index is 12.5. The SMILES string of the molecule is COc1ccc(C(=O)OC/C(I)=C2/OC(c3ccc(OC)cc3)=NC2c2ccccc2)cc1. The summed E-state index contributed by atoms with van der Waals surface area (Å²) in [4.78, 5) is 17.3. The summed E-state index contributed by atoms with van der Waals surface area (Å²) in [5, 5.41) is 0. The molecule has 0 saturated heterocycles. The Bertz CT molecular complexity index is 1170. The Hall–Kier alpha value is -3.33. The lowest BCUT2D eigenvalue weighted by Crippen LogP contribution is -2.09. The van der Waals surface area contributed by atoms with Crippen LogP contribution in [-0.2, 0) is 9.47 Å². The molecule has 1 aliphatic heterocycles. The van der Waals surface area contributed by atoms with Gasteiger partial charge in [-0.05, 0) is 76.7 Å². The van der Waals surface area contributed by atoms with Crippen molar-refractivity contribution < 1.29 is 23.7 Å². The number of ether oxygens (including phenoxy) is 4. The van der Waals surface area contributed by atoms with E-state index in [4.69, 9.17) is 23.9 Å². The summed E-state index contributed by atoms with van der Waals surface area (Å²) in [7, 11) is 3.20. The Morgan fingerprint density at radius 1 is 0.909 bits per heavy atom. The third-order valence-electron chi connectivity index (χ3n) is 5.08. The average molecular weight is 555 g/mol. The van der Waals surface area contributed by atoms with Crippen molar-refractivity contribution in [2.75, 3.05) is 20.8 Å². The zero-order valence-electron chi connectivity index (χ0n) is 18.2. The number of esters is 1. The normalized spacial score (nSPS) is 16.5. The predicted octanol–water partition coefficient (Wildman–Crippen LogP) is 5.73. The largest absolute Gasteiger partial charge is 0.497 e. The number of halogens is 1. The smallest absolute Gasteiger partial charge is 0.338 e. The highest BCUT2D eigenvalue weighted by molar-refractivity contribution is 14.1. The molecular weight excluding hydrogens is 533 g/mol. The summed E-state index contributed by atoms with van der Waals surface area (Å²) >= 11 is 2.15. The maximum Gasteiger partial charge on any atom is 0.338 e. The molecule has 0 saturated carbocycles. The van der Waals surface area contributed by atoms with Gasteiger partial charge in [0.25, 0.3) is 0 Å². The van der Waals surface area contributed by atoms with Crippen LogP contribution in [0.15, 0.2) is 93.2 Å². The number of benzene rings is 3. The van der Waals surface area contributed by atoms with E-state index in [9.17, 15) is 4.79 Å². The van der Waals surface area contributed by atoms with Gasteiger partial charge >= 0.3 is 5.97 Å². The van der Waals surface area contributed by atoms with E-state index in [-0.39, 0.29) is 12.6 Å². The van der Waals surface area contributed by atoms with Gasteiger partial charge in [-0.1, -0.05) is 30.3 Å². The Labute approximate surface area is 206 Å². The Balaban J connectivity index is 1.56. The molecular formula is C26H22INO5. The van der Waals surface area contributed by atoms with Gasteiger partial charge < -0.3 is 18.9 Å². The van der Waals surface area contributed by atoms with Gasteiger partial charge in [0.2, 0.25) is 5.90 Å². The monoisotopic (exact) mass is 555 g/mol. The molecule has 7 heteroatoms. The molecule has 1 unspecified atom stereocenters. The highest BCUT2D eigenvalue weighted by Crippen LogP contribution is 2.38. The fraction of sp³-hybridized carbons (Fsp3) is 0.154. The van der Waals surface area contributed by atoms with Crippen LogP contribution >= 0.6 is 22.6 Å². The number of aliphatic imine (C=N–C) groups is 1. The topological polar surface area (TPSA) is 66.4 Å². The molecule has 1 atom stereocenters. The Morgan fingerprint density at radius 2 is 1.52 bits per heavy atom. The average Bonchev–Trinajstić information content (AvgIpc) is 3.33.